The molecule has 0 saturated carbocycles. The van der Waals surface area contributed by atoms with Crippen molar-refractivity contribution < 1.29 is 19.0 Å². The number of nitrogens with zero attached hydrogens (tertiary/aromatic N) is 6. The molecule has 0 atom stereocenters. The van der Waals surface area contributed by atoms with E-state index < -0.39 is 0 Å². The predicted molar refractivity (Wildman–Crippen MR) is 118 cm³/mol. The van der Waals surface area contributed by atoms with Gasteiger partial charge < -0.3 is 29.3 Å². The summed E-state index contributed by atoms with van der Waals surface area (Å²) in [6.07, 6.45) is 5.06. The number of benzene rings is 1. The van der Waals surface area contributed by atoms with Gasteiger partial charge in [-0.25, -0.2) is 19.4 Å². The fourth-order valence-corrected chi connectivity index (χ4v) is 3.53. The average Bonchev–Trinajstić information content (AvgIpc) is 3.38. The molecule has 0 radical (unpaired) electrons. The number of hydrogen-bond acceptors (Lipinski definition) is 8. The van der Waals surface area contributed by atoms with E-state index in [0.717, 1.165) is 5.82 Å². The van der Waals surface area contributed by atoms with Crippen LogP contribution in [0.4, 0.5) is 16.3 Å². The van der Waals surface area contributed by atoms with Crippen LogP contribution in [0.5, 0.6) is 17.2 Å². The highest BCUT2D eigenvalue weighted by molar-refractivity contribution is 5.90. The number of carbonyl (C=O) groups is 1. The van der Waals surface area contributed by atoms with E-state index in [0.29, 0.717) is 54.9 Å². The molecule has 1 fully saturated rings. The largest absolute Gasteiger partial charge is 0.493 e. The summed E-state index contributed by atoms with van der Waals surface area (Å²) in [4.78, 5) is 25.3. The molecule has 168 valence electrons. The molecule has 0 unspecified atom stereocenters. The average molecular weight is 439 g/mol. The predicted octanol–water partition coefficient (Wildman–Crippen LogP) is 2.04. The van der Waals surface area contributed by atoms with Crippen LogP contribution < -0.4 is 24.4 Å². The minimum atomic E-state index is -0.196. The Kier molecular flexibility index (Phi) is 6.24. The highest BCUT2D eigenvalue weighted by atomic mass is 16.5. The van der Waals surface area contributed by atoms with Crippen molar-refractivity contribution >= 4 is 17.5 Å². The molecule has 1 aromatic carbocycles. The third-order valence-corrected chi connectivity index (χ3v) is 5.18. The quantitative estimate of drug-likeness (QED) is 0.622. The van der Waals surface area contributed by atoms with Crippen molar-refractivity contribution in [1.82, 2.24) is 24.6 Å². The van der Waals surface area contributed by atoms with Crippen molar-refractivity contribution in [2.45, 2.75) is 0 Å². The molecular weight excluding hydrogens is 414 g/mol. The zero-order valence-electron chi connectivity index (χ0n) is 18.2. The summed E-state index contributed by atoms with van der Waals surface area (Å²) in [5, 5.41) is 7.11. The maximum atomic E-state index is 12.8. The van der Waals surface area contributed by atoms with Gasteiger partial charge >= 0.3 is 6.03 Å². The van der Waals surface area contributed by atoms with Crippen LogP contribution in [0.3, 0.4) is 0 Å². The molecule has 32 heavy (non-hydrogen) atoms. The molecule has 1 N–H and O–H groups in total. The van der Waals surface area contributed by atoms with Crippen LogP contribution in [0.15, 0.2) is 43.0 Å². The Morgan fingerprint density at radius 3 is 2.22 bits per heavy atom. The minimum Gasteiger partial charge on any atom is -0.493 e. The Balaban J connectivity index is 1.40. The number of carbonyl (C=O) groups excluding carboxylic acids is 1. The number of hydrogen-bond donors (Lipinski definition) is 1. The lowest BCUT2D eigenvalue weighted by Crippen LogP contribution is -2.50. The molecule has 2 aromatic heterocycles. The van der Waals surface area contributed by atoms with Crippen molar-refractivity contribution in [3.63, 3.8) is 0 Å². The summed E-state index contributed by atoms with van der Waals surface area (Å²) in [6.45, 7) is 2.41. The minimum absolute atomic E-state index is 0.196. The molecule has 0 bridgehead atoms. The van der Waals surface area contributed by atoms with Gasteiger partial charge in [-0.3, -0.25) is 0 Å². The first kappa shape index (κ1) is 21.2. The van der Waals surface area contributed by atoms with Gasteiger partial charge in [-0.15, -0.1) is 0 Å². The number of piperazine rings is 1. The molecule has 3 heterocycles. The lowest BCUT2D eigenvalue weighted by Gasteiger charge is -2.35. The van der Waals surface area contributed by atoms with Gasteiger partial charge in [-0.2, -0.15) is 5.10 Å². The van der Waals surface area contributed by atoms with E-state index in [1.54, 1.807) is 27.9 Å². The SMILES string of the molecule is COc1cc(NC(=O)N2CCN(c3cc(-n4cccn4)ncn3)CC2)cc(OC)c1OC. The number of nitrogens with one attached hydrogen (secondary N) is 1. The van der Waals surface area contributed by atoms with Crippen LogP contribution in [-0.4, -0.2) is 78.2 Å². The lowest BCUT2D eigenvalue weighted by molar-refractivity contribution is 0.208. The van der Waals surface area contributed by atoms with E-state index in [4.69, 9.17) is 14.2 Å². The van der Waals surface area contributed by atoms with E-state index in [9.17, 15) is 4.79 Å². The Labute approximate surface area is 185 Å². The standard InChI is InChI=1S/C21H25N7O4/c1-30-16-11-15(12-17(31-2)20(16)32-3)25-21(29)27-9-7-26(8-10-27)18-13-19(23-14-22-18)28-6-4-5-24-28/h4-6,11-14H,7-10H2,1-3H3,(H,25,29). The molecule has 11 heteroatoms. The van der Waals surface area contributed by atoms with Crippen LogP contribution in [0.1, 0.15) is 0 Å². The summed E-state index contributed by atoms with van der Waals surface area (Å²) in [5.74, 6) is 2.92. The molecule has 0 spiro atoms. The molecule has 0 aliphatic carbocycles. The summed E-state index contributed by atoms with van der Waals surface area (Å²) in [7, 11) is 4.60. The Hall–Kier alpha value is -4.02. The van der Waals surface area contributed by atoms with Gasteiger partial charge in [0.15, 0.2) is 17.3 Å². The third kappa shape index (κ3) is 4.36. The lowest BCUT2D eigenvalue weighted by atomic mass is 10.2. The van der Waals surface area contributed by atoms with Crippen LogP contribution >= 0.6 is 0 Å². The molecule has 4 rings (SSSR count). The second-order valence-corrected chi connectivity index (χ2v) is 7.00. The molecular formula is C21H25N7O4. The van der Waals surface area contributed by atoms with Gasteiger partial charge in [0.1, 0.15) is 12.1 Å². The molecule has 1 aliphatic heterocycles. The van der Waals surface area contributed by atoms with E-state index in [2.05, 4.69) is 25.3 Å². The zero-order valence-corrected chi connectivity index (χ0v) is 18.2. The van der Waals surface area contributed by atoms with E-state index in [1.165, 1.54) is 27.7 Å². The second kappa shape index (κ2) is 9.41. The summed E-state index contributed by atoms with van der Waals surface area (Å²) in [5.41, 5.74) is 0.562. The number of ether oxygens (including phenoxy) is 3. The van der Waals surface area contributed by atoms with Gasteiger partial charge in [-0.1, -0.05) is 0 Å². The van der Waals surface area contributed by atoms with Crippen molar-refractivity contribution in [2.24, 2.45) is 0 Å². The van der Waals surface area contributed by atoms with Crippen LogP contribution in [0.2, 0.25) is 0 Å². The van der Waals surface area contributed by atoms with Crippen LogP contribution in [0, 0.1) is 0 Å². The second-order valence-electron chi connectivity index (χ2n) is 7.00. The number of urea groups is 1. The summed E-state index contributed by atoms with van der Waals surface area (Å²) < 4.78 is 17.7. The third-order valence-electron chi connectivity index (χ3n) is 5.18. The number of anilines is 2. The Morgan fingerprint density at radius 1 is 0.938 bits per heavy atom. The summed E-state index contributed by atoms with van der Waals surface area (Å²) >= 11 is 0. The van der Waals surface area contributed by atoms with Gasteiger partial charge in [0.2, 0.25) is 5.75 Å². The van der Waals surface area contributed by atoms with Crippen molar-refractivity contribution in [3.05, 3.63) is 43.0 Å². The smallest absolute Gasteiger partial charge is 0.321 e. The van der Waals surface area contributed by atoms with Crippen molar-refractivity contribution in [3.8, 4) is 23.1 Å². The fourth-order valence-electron chi connectivity index (χ4n) is 3.53. The zero-order chi connectivity index (χ0) is 22.5. The van der Waals surface area contributed by atoms with Crippen molar-refractivity contribution in [2.75, 3.05) is 57.7 Å². The van der Waals surface area contributed by atoms with Gasteiger partial charge in [-0.05, 0) is 6.07 Å². The summed E-state index contributed by atoms with van der Waals surface area (Å²) in [6, 6.07) is 6.94. The van der Waals surface area contributed by atoms with E-state index in [-0.39, 0.29) is 6.03 Å². The first-order chi connectivity index (χ1) is 15.6. The highest BCUT2D eigenvalue weighted by Crippen LogP contribution is 2.40. The monoisotopic (exact) mass is 439 g/mol. The van der Waals surface area contributed by atoms with Crippen LogP contribution in [-0.2, 0) is 0 Å². The number of amides is 2. The topological polar surface area (TPSA) is 107 Å². The Bertz CT molecular complexity index is 1040. The van der Waals surface area contributed by atoms with E-state index >= 15 is 0 Å². The maximum absolute atomic E-state index is 12.8. The van der Waals surface area contributed by atoms with E-state index in [1.807, 2.05) is 18.3 Å². The molecule has 3 aromatic rings. The normalized spacial score (nSPS) is 13.6. The Morgan fingerprint density at radius 2 is 1.62 bits per heavy atom. The first-order valence-electron chi connectivity index (χ1n) is 10.1. The molecule has 1 aliphatic rings. The van der Waals surface area contributed by atoms with Gasteiger partial charge in [0.05, 0.1) is 27.0 Å². The van der Waals surface area contributed by atoms with Crippen molar-refractivity contribution in [1.29, 1.82) is 0 Å². The molecule has 11 nitrogen and oxygen atoms in total. The molecule has 1 saturated heterocycles. The number of aromatic nitrogens is 4. The van der Waals surface area contributed by atoms with Gasteiger partial charge in [0, 0.05) is 56.8 Å². The number of rotatable bonds is 6. The van der Waals surface area contributed by atoms with Crippen LogP contribution in [0.25, 0.3) is 5.82 Å². The molecule has 2 amide bonds. The maximum Gasteiger partial charge on any atom is 0.321 e. The first-order valence-corrected chi connectivity index (χ1v) is 10.1. The fraction of sp³-hybridized carbons (Fsp3) is 0.333. The van der Waals surface area contributed by atoms with Gasteiger partial charge in [0.25, 0.3) is 0 Å². The number of methoxy groups -OCH3 is 3. The highest BCUT2D eigenvalue weighted by Gasteiger charge is 2.23.